The minimum Gasteiger partial charge on any atom is -0.309 e. The van der Waals surface area contributed by atoms with Crippen molar-refractivity contribution in [1.29, 1.82) is 0 Å². The van der Waals surface area contributed by atoms with Gasteiger partial charge in [0.15, 0.2) is 0 Å². The molecule has 684 valence electrons. The van der Waals surface area contributed by atoms with Gasteiger partial charge in [-0.05, 0) is 271 Å². The molecule has 6 nitrogen and oxygen atoms in total. The Labute approximate surface area is 852 Å². The van der Waals surface area contributed by atoms with Gasteiger partial charge in [-0.1, -0.05) is 328 Å². The summed E-state index contributed by atoms with van der Waals surface area (Å²) < 4.78 is 19.9. The molecular weight excluding hydrogens is 1820 g/mol. The summed E-state index contributed by atoms with van der Waals surface area (Å²) in [4.78, 5) is 0. The predicted octanol–water partition coefficient (Wildman–Crippen LogP) is 38.4. The Hall–Kier alpha value is -18.7. The first kappa shape index (κ1) is 83.0. The minimum absolute atomic E-state index is 0.975. The molecule has 0 spiro atoms. The highest BCUT2D eigenvalue weighted by atomic mass is 32.1. The zero-order chi connectivity index (χ0) is 96.2. The number of benzene rings is 24. The molecule has 8 heteroatoms. The predicted molar refractivity (Wildman–Crippen MR) is 628 cm³/mol. The molecule has 0 saturated heterocycles. The summed E-state index contributed by atoms with van der Waals surface area (Å²) in [7, 11) is 0. The van der Waals surface area contributed by atoms with E-state index in [9.17, 15) is 0 Å². The molecule has 33 rings (SSSR count). The Morgan fingerprint density at radius 3 is 0.912 bits per heavy atom. The number of thiophene rings is 2. The summed E-state index contributed by atoms with van der Waals surface area (Å²) >= 11 is 3.81. The summed E-state index contributed by atoms with van der Waals surface area (Å²) in [5, 5.41) is 28.1. The summed E-state index contributed by atoms with van der Waals surface area (Å²) in [5.74, 6) is 0. The molecule has 1 aliphatic carbocycles. The second-order valence-electron chi connectivity index (χ2n) is 39.3. The van der Waals surface area contributed by atoms with Crippen molar-refractivity contribution < 1.29 is 0 Å². The van der Waals surface area contributed by atoms with Crippen LogP contribution in [0.25, 0.3) is 282 Å². The van der Waals surface area contributed by atoms with Crippen molar-refractivity contribution in [3.05, 3.63) is 521 Å². The summed E-state index contributed by atoms with van der Waals surface area (Å²) in [6, 6.07) is 187. The largest absolute Gasteiger partial charge is 0.309 e. The van der Waals surface area contributed by atoms with Gasteiger partial charge in [-0.2, -0.15) is 0 Å². The second kappa shape index (κ2) is 32.9. The Morgan fingerprint density at radius 2 is 0.456 bits per heavy atom. The van der Waals surface area contributed by atoms with E-state index >= 15 is 0 Å². The average molecular weight is 1900 g/mol. The fourth-order valence-corrected chi connectivity index (χ4v) is 27.1. The third kappa shape index (κ3) is 13.0. The Kier molecular flexibility index (Phi) is 18.6. The lowest BCUT2D eigenvalue weighted by Crippen LogP contribution is -1.96. The molecule has 0 atom stereocenters. The molecule has 0 bridgehead atoms. The monoisotopic (exact) mass is 1900 g/mol. The molecule has 1 aliphatic rings. The van der Waals surface area contributed by atoms with E-state index in [1.807, 2.05) is 22.7 Å². The van der Waals surface area contributed by atoms with Crippen LogP contribution in [0.15, 0.2) is 510 Å². The number of hydrogen-bond acceptors (Lipinski definition) is 2. The molecule has 0 saturated carbocycles. The van der Waals surface area contributed by atoms with Gasteiger partial charge in [-0.3, -0.25) is 0 Å². The fourth-order valence-electron chi connectivity index (χ4n) is 24.6. The normalized spacial score (nSPS) is 12.2. The highest BCUT2D eigenvalue weighted by Crippen LogP contribution is 2.52. The molecular formula is C139H86N6S2. The molecule has 8 aromatic heterocycles. The van der Waals surface area contributed by atoms with Gasteiger partial charge in [0, 0.05) is 140 Å². The number of para-hydroxylation sites is 6. The molecule has 0 aliphatic heterocycles. The molecule has 32 aromatic rings. The van der Waals surface area contributed by atoms with Gasteiger partial charge in [0.25, 0.3) is 0 Å². The minimum atomic E-state index is 0.975. The zero-order valence-corrected chi connectivity index (χ0v) is 81.3. The van der Waals surface area contributed by atoms with Crippen LogP contribution < -0.4 is 0 Å². The van der Waals surface area contributed by atoms with E-state index in [-0.39, 0.29) is 0 Å². The van der Waals surface area contributed by atoms with Crippen molar-refractivity contribution >= 4 is 226 Å². The molecule has 24 aromatic carbocycles. The van der Waals surface area contributed by atoms with Gasteiger partial charge in [-0.25, -0.2) is 0 Å². The van der Waals surface area contributed by atoms with Gasteiger partial charge in [0.05, 0.1) is 70.9 Å². The SMILES string of the molecule is c1ccc(-n2c3ccccc3c3cc(-c4ccc5c(c4)c4c6sc7ccccc7c6ccc4n5-c4ccc5ccccc5c4)ccc32)cc1.c1ccc(-n2c3ccccc3c3cc(-c4ccc5c(c4)c4ccc6c(c4n5-c4ccc5ccccc5c4)-c4ccccc4C6)ccc32)cc1.c1ccc(-n2c3ccccc3c3cc(-c4ccc5c(c4)c4ccc6c7ccccc7sc6c4n5-c4ccc5ccccc5c4)ccc32)cc1. The van der Waals surface area contributed by atoms with Gasteiger partial charge in [0.2, 0.25) is 0 Å². The van der Waals surface area contributed by atoms with Crippen LogP contribution >= 0.6 is 22.7 Å². The average Bonchev–Trinajstić information content (AvgIpc) is 1.56. The van der Waals surface area contributed by atoms with Gasteiger partial charge < -0.3 is 27.4 Å². The number of nitrogens with zero attached hydrogens (tertiary/aromatic N) is 6. The highest BCUT2D eigenvalue weighted by Gasteiger charge is 2.29. The maximum atomic E-state index is 2.51. The van der Waals surface area contributed by atoms with E-state index in [0.29, 0.717) is 0 Å². The third-order valence-corrected chi connectivity index (χ3v) is 33.7. The van der Waals surface area contributed by atoms with Crippen LogP contribution in [-0.2, 0) is 6.42 Å². The third-order valence-electron chi connectivity index (χ3n) is 31.3. The molecule has 0 fully saturated rings. The van der Waals surface area contributed by atoms with Gasteiger partial charge in [0.1, 0.15) is 0 Å². The Morgan fingerprint density at radius 1 is 0.156 bits per heavy atom. The quantitative estimate of drug-likeness (QED) is 0.138. The van der Waals surface area contributed by atoms with E-state index in [1.54, 1.807) is 0 Å². The van der Waals surface area contributed by atoms with E-state index in [2.05, 4.69) is 537 Å². The number of aromatic nitrogens is 6. The first-order valence-electron chi connectivity index (χ1n) is 50.6. The van der Waals surface area contributed by atoms with Gasteiger partial charge >= 0.3 is 0 Å². The van der Waals surface area contributed by atoms with Crippen molar-refractivity contribution in [2.24, 2.45) is 0 Å². The van der Waals surface area contributed by atoms with E-state index in [4.69, 9.17) is 0 Å². The lowest BCUT2D eigenvalue weighted by molar-refractivity contribution is 1.18. The van der Waals surface area contributed by atoms with E-state index < -0.39 is 0 Å². The lowest BCUT2D eigenvalue weighted by Gasteiger charge is -2.13. The molecule has 0 radical (unpaired) electrons. The first-order chi connectivity index (χ1) is 72.9. The first-order valence-corrected chi connectivity index (χ1v) is 52.2. The summed E-state index contributed by atoms with van der Waals surface area (Å²) in [6.45, 7) is 0. The summed E-state index contributed by atoms with van der Waals surface area (Å²) in [5.41, 5.74) is 34.8. The van der Waals surface area contributed by atoms with Crippen LogP contribution in [0.4, 0.5) is 0 Å². The second-order valence-corrected chi connectivity index (χ2v) is 41.4. The van der Waals surface area contributed by atoms with E-state index in [1.165, 1.54) is 293 Å². The van der Waals surface area contributed by atoms with Crippen molar-refractivity contribution in [3.8, 4) is 78.6 Å². The van der Waals surface area contributed by atoms with Gasteiger partial charge in [-0.15, -0.1) is 22.7 Å². The van der Waals surface area contributed by atoms with Crippen molar-refractivity contribution in [3.63, 3.8) is 0 Å². The van der Waals surface area contributed by atoms with Crippen LogP contribution in [0.5, 0.6) is 0 Å². The van der Waals surface area contributed by atoms with Crippen LogP contribution in [-0.4, -0.2) is 27.4 Å². The lowest BCUT2D eigenvalue weighted by atomic mass is 9.99. The highest BCUT2D eigenvalue weighted by molar-refractivity contribution is 7.27. The van der Waals surface area contributed by atoms with Crippen molar-refractivity contribution in [2.45, 2.75) is 6.42 Å². The topological polar surface area (TPSA) is 29.6 Å². The number of fused-ring (bicyclic) bond motifs is 33. The van der Waals surface area contributed by atoms with Crippen LogP contribution in [0.3, 0.4) is 0 Å². The van der Waals surface area contributed by atoms with Crippen LogP contribution in [0.2, 0.25) is 0 Å². The molecule has 8 heterocycles. The zero-order valence-electron chi connectivity index (χ0n) is 79.7. The van der Waals surface area contributed by atoms with Crippen molar-refractivity contribution in [2.75, 3.05) is 0 Å². The Balaban J connectivity index is 0.0000000999. The Bertz CT molecular complexity index is 11100. The maximum Gasteiger partial charge on any atom is 0.0719 e. The van der Waals surface area contributed by atoms with Crippen LogP contribution in [0.1, 0.15) is 11.1 Å². The summed E-state index contributed by atoms with van der Waals surface area (Å²) in [6.07, 6.45) is 0.975. The van der Waals surface area contributed by atoms with E-state index in [0.717, 1.165) is 6.42 Å². The molecule has 0 unspecified atom stereocenters. The smallest absolute Gasteiger partial charge is 0.0719 e. The maximum absolute atomic E-state index is 2.51. The molecule has 147 heavy (non-hydrogen) atoms. The molecule has 0 amide bonds. The molecule has 0 N–H and O–H groups in total. The fraction of sp³-hybridized carbons (Fsp3) is 0.00719. The standard InChI is InChI=1S/C47H30N2.2C46H28N2S/c1-2-13-36(14-3-1)48-43-17-9-8-16-39(43)41-28-32(20-24-44(41)48)33-21-25-45-42(29-33)40-23-19-35-26-34-12-6-7-15-38(34)46(35)47(40)49(45)37-22-18-30-10-4-5-11-31(30)27-37;1-2-12-33(13-3-1)47-41-16-8-6-14-35(41)39-27-31(19-24-42(39)47)32-20-25-43-40(28-32)37-22-23-38-36-15-7-9-17-44(36)49-46(38)45(37)48(43)34-21-18-29-10-4-5-11-30(29)26-34;1-2-12-33(13-3-1)47-40-16-8-6-14-35(40)38-27-31(19-23-41(38)47)32-20-24-42-39(28-32)45-43(25-22-37-36-15-7-9-17-44(36)49-46(37)45)48(42)34-21-18-29-10-4-5-11-30(29)26-34/h1-25,27-29H,26H2;2*1-28H. The van der Waals surface area contributed by atoms with Crippen LogP contribution in [0, 0.1) is 0 Å². The van der Waals surface area contributed by atoms with Crippen molar-refractivity contribution in [1.82, 2.24) is 27.4 Å². The number of hydrogen-bond donors (Lipinski definition) is 0. The number of rotatable bonds is 9.